The zero-order valence-corrected chi connectivity index (χ0v) is 10.1. The Kier molecular flexibility index (Phi) is 2.57. The van der Waals surface area contributed by atoms with Crippen molar-refractivity contribution in [2.75, 3.05) is 0 Å². The standard InChI is InChI=1S/C13H13N5O/c14-11-5-6-17-13(15,18-11)10-4-2-1-3-9(10)12-16-7-8-19-12/h1-8,17H,15H2,(H2,14,18). The van der Waals surface area contributed by atoms with E-state index < -0.39 is 5.79 Å². The van der Waals surface area contributed by atoms with E-state index >= 15 is 0 Å². The van der Waals surface area contributed by atoms with E-state index in [0.29, 0.717) is 11.7 Å². The molecule has 6 heteroatoms. The monoisotopic (exact) mass is 255 g/mol. The Labute approximate surface area is 109 Å². The number of aliphatic imine (C=N–C) groups is 1. The molecule has 1 unspecified atom stereocenters. The minimum absolute atomic E-state index is 0.364. The summed E-state index contributed by atoms with van der Waals surface area (Å²) in [6, 6.07) is 7.50. The molecule has 0 bridgehead atoms. The van der Waals surface area contributed by atoms with Gasteiger partial charge in [0, 0.05) is 17.3 Å². The van der Waals surface area contributed by atoms with Crippen LogP contribution >= 0.6 is 0 Å². The predicted octanol–water partition coefficient (Wildman–Crippen LogP) is 0.885. The second-order valence-electron chi connectivity index (χ2n) is 4.16. The van der Waals surface area contributed by atoms with Crippen LogP contribution in [0.5, 0.6) is 0 Å². The highest BCUT2D eigenvalue weighted by Gasteiger charge is 2.31. The van der Waals surface area contributed by atoms with Crippen molar-refractivity contribution in [2.24, 2.45) is 16.5 Å². The predicted molar refractivity (Wildman–Crippen MR) is 71.7 cm³/mol. The number of benzene rings is 1. The lowest BCUT2D eigenvalue weighted by Crippen LogP contribution is -2.49. The normalized spacial score (nSPS) is 21.8. The minimum atomic E-state index is -1.12. The van der Waals surface area contributed by atoms with Crippen LogP contribution in [0.2, 0.25) is 0 Å². The first-order valence-electron chi connectivity index (χ1n) is 5.77. The quantitative estimate of drug-likeness (QED) is 0.739. The van der Waals surface area contributed by atoms with Gasteiger partial charge >= 0.3 is 0 Å². The third-order valence-electron chi connectivity index (χ3n) is 2.86. The summed E-state index contributed by atoms with van der Waals surface area (Å²) in [5, 5.41) is 3.00. The topological polar surface area (TPSA) is 102 Å². The van der Waals surface area contributed by atoms with Crippen molar-refractivity contribution in [2.45, 2.75) is 5.79 Å². The molecular weight excluding hydrogens is 242 g/mol. The van der Waals surface area contributed by atoms with E-state index in [-0.39, 0.29) is 0 Å². The van der Waals surface area contributed by atoms with E-state index in [1.807, 2.05) is 24.3 Å². The Hall–Kier alpha value is -2.60. The fraction of sp³-hybridized carbons (Fsp3) is 0.0769. The molecule has 0 amide bonds. The van der Waals surface area contributed by atoms with E-state index in [4.69, 9.17) is 15.9 Å². The first kappa shape index (κ1) is 11.5. The fourth-order valence-electron chi connectivity index (χ4n) is 2.02. The molecule has 19 heavy (non-hydrogen) atoms. The number of oxazole rings is 1. The largest absolute Gasteiger partial charge is 0.445 e. The Bertz CT molecular complexity index is 647. The molecule has 1 aliphatic heterocycles. The molecule has 5 N–H and O–H groups in total. The molecule has 1 aliphatic rings. The first-order chi connectivity index (χ1) is 9.19. The number of nitrogens with zero attached hydrogens (tertiary/aromatic N) is 2. The van der Waals surface area contributed by atoms with Crippen molar-refractivity contribution in [1.82, 2.24) is 10.3 Å². The van der Waals surface area contributed by atoms with Crippen molar-refractivity contribution in [3.05, 3.63) is 54.6 Å². The number of aromatic nitrogens is 1. The van der Waals surface area contributed by atoms with E-state index in [2.05, 4.69) is 15.3 Å². The summed E-state index contributed by atoms with van der Waals surface area (Å²) in [5.74, 6) is -0.266. The third-order valence-corrected chi connectivity index (χ3v) is 2.86. The average molecular weight is 255 g/mol. The fourth-order valence-corrected chi connectivity index (χ4v) is 2.02. The summed E-state index contributed by atoms with van der Waals surface area (Å²) in [4.78, 5) is 8.40. The number of nitrogens with two attached hydrogens (primary N) is 2. The summed E-state index contributed by atoms with van der Waals surface area (Å²) >= 11 is 0. The van der Waals surface area contributed by atoms with Gasteiger partial charge in [-0.15, -0.1) is 0 Å². The number of hydrogen-bond donors (Lipinski definition) is 3. The Morgan fingerprint density at radius 3 is 2.84 bits per heavy atom. The highest BCUT2D eigenvalue weighted by Crippen LogP contribution is 2.29. The van der Waals surface area contributed by atoms with E-state index in [1.54, 1.807) is 18.5 Å². The van der Waals surface area contributed by atoms with Gasteiger partial charge in [0.15, 0.2) is 0 Å². The van der Waals surface area contributed by atoms with Gasteiger partial charge in [0.1, 0.15) is 12.1 Å². The third kappa shape index (κ3) is 1.98. The Morgan fingerprint density at radius 1 is 1.26 bits per heavy atom. The highest BCUT2D eigenvalue weighted by atomic mass is 16.3. The summed E-state index contributed by atoms with van der Waals surface area (Å²) < 4.78 is 5.33. The molecule has 0 spiro atoms. The van der Waals surface area contributed by atoms with Gasteiger partial charge in [-0.25, -0.2) is 9.98 Å². The maximum absolute atomic E-state index is 6.28. The van der Waals surface area contributed by atoms with Crippen molar-refractivity contribution in [1.29, 1.82) is 0 Å². The molecule has 1 atom stereocenters. The smallest absolute Gasteiger partial charge is 0.226 e. The summed E-state index contributed by atoms with van der Waals surface area (Å²) in [5.41, 5.74) is 13.5. The summed E-state index contributed by atoms with van der Waals surface area (Å²) in [7, 11) is 0. The minimum Gasteiger partial charge on any atom is -0.445 e. The molecule has 6 nitrogen and oxygen atoms in total. The lowest BCUT2D eigenvalue weighted by molar-refractivity contribution is 0.409. The van der Waals surface area contributed by atoms with Gasteiger partial charge in [-0.3, -0.25) is 5.73 Å². The lowest BCUT2D eigenvalue weighted by Gasteiger charge is -2.29. The molecule has 1 aromatic carbocycles. The van der Waals surface area contributed by atoms with Crippen LogP contribution in [0.1, 0.15) is 5.56 Å². The molecule has 1 aromatic heterocycles. The van der Waals surface area contributed by atoms with Gasteiger partial charge in [-0.2, -0.15) is 0 Å². The maximum Gasteiger partial charge on any atom is 0.226 e. The van der Waals surface area contributed by atoms with Crippen LogP contribution in [0.25, 0.3) is 11.5 Å². The van der Waals surface area contributed by atoms with Crippen molar-refractivity contribution in [3.63, 3.8) is 0 Å². The van der Waals surface area contributed by atoms with E-state index in [0.717, 1.165) is 11.1 Å². The average Bonchev–Trinajstić information content (AvgIpc) is 2.92. The van der Waals surface area contributed by atoms with Crippen molar-refractivity contribution < 1.29 is 4.42 Å². The molecule has 2 aromatic rings. The van der Waals surface area contributed by atoms with Crippen molar-refractivity contribution in [3.8, 4) is 11.5 Å². The summed E-state index contributed by atoms with van der Waals surface area (Å²) in [6.07, 6.45) is 6.43. The first-order valence-corrected chi connectivity index (χ1v) is 5.77. The lowest BCUT2D eigenvalue weighted by atomic mass is 10.0. The van der Waals surface area contributed by atoms with Gasteiger partial charge in [0.05, 0.1) is 6.20 Å². The van der Waals surface area contributed by atoms with Gasteiger partial charge in [0.2, 0.25) is 11.7 Å². The zero-order valence-electron chi connectivity index (χ0n) is 10.1. The highest BCUT2D eigenvalue weighted by molar-refractivity contribution is 5.92. The molecule has 2 heterocycles. The van der Waals surface area contributed by atoms with Crippen LogP contribution in [-0.2, 0) is 5.79 Å². The van der Waals surface area contributed by atoms with E-state index in [1.165, 1.54) is 6.26 Å². The van der Waals surface area contributed by atoms with Crippen LogP contribution in [0.3, 0.4) is 0 Å². The van der Waals surface area contributed by atoms with Crippen LogP contribution in [-0.4, -0.2) is 10.8 Å². The maximum atomic E-state index is 6.28. The summed E-state index contributed by atoms with van der Waals surface area (Å²) in [6.45, 7) is 0. The van der Waals surface area contributed by atoms with Crippen molar-refractivity contribution >= 4 is 5.84 Å². The number of nitrogens with one attached hydrogen (secondary N) is 1. The Morgan fingerprint density at radius 2 is 2.11 bits per heavy atom. The van der Waals surface area contributed by atoms with E-state index in [9.17, 15) is 0 Å². The molecule has 3 rings (SSSR count). The van der Waals surface area contributed by atoms with Gasteiger partial charge in [-0.1, -0.05) is 18.2 Å². The Balaban J connectivity index is 2.14. The van der Waals surface area contributed by atoms with Crippen LogP contribution in [0, 0.1) is 0 Å². The molecular formula is C13H13N5O. The molecule has 0 saturated heterocycles. The second kappa shape index (κ2) is 4.25. The molecule has 0 fully saturated rings. The molecule has 96 valence electrons. The number of amidine groups is 1. The molecule has 0 aliphatic carbocycles. The SMILES string of the molecule is NC1=NC(N)(c2ccccc2-c2ncco2)NC=C1. The number of rotatable bonds is 2. The number of hydrogen-bond acceptors (Lipinski definition) is 6. The van der Waals surface area contributed by atoms with Gasteiger partial charge in [0.25, 0.3) is 0 Å². The van der Waals surface area contributed by atoms with Gasteiger partial charge < -0.3 is 15.5 Å². The second-order valence-corrected chi connectivity index (χ2v) is 4.16. The van der Waals surface area contributed by atoms with Gasteiger partial charge in [-0.05, 0) is 12.1 Å². The molecule has 0 saturated carbocycles. The van der Waals surface area contributed by atoms with Crippen LogP contribution < -0.4 is 16.8 Å². The molecule has 0 radical (unpaired) electrons. The van der Waals surface area contributed by atoms with Crippen LogP contribution in [0.15, 0.2) is 58.4 Å². The van der Waals surface area contributed by atoms with Crippen LogP contribution in [0.4, 0.5) is 0 Å². The zero-order chi connectivity index (χ0) is 13.3.